The van der Waals surface area contributed by atoms with E-state index in [0.29, 0.717) is 12.3 Å². The maximum Gasteiger partial charge on any atom is 0.305 e. The fourth-order valence-electron chi connectivity index (χ4n) is 6.53. The predicted molar refractivity (Wildman–Crippen MR) is 118 cm³/mol. The Morgan fingerprint density at radius 1 is 1.15 bits per heavy atom. The lowest BCUT2D eigenvalue weighted by molar-refractivity contribution is -0.578. The maximum absolute atomic E-state index is 13.6. The van der Waals surface area contributed by atoms with Gasteiger partial charge in [-0.1, -0.05) is 26.0 Å². The quantitative estimate of drug-likeness (QED) is 0.419. The third kappa shape index (κ3) is 4.07. The number of carbonyl (C=O) groups is 1. The predicted octanol–water partition coefficient (Wildman–Crippen LogP) is 5.04. The van der Waals surface area contributed by atoms with Crippen LogP contribution in [-0.4, -0.2) is 37.0 Å². The number of methoxy groups -OCH3 is 1. The van der Waals surface area contributed by atoms with Gasteiger partial charge in [0.2, 0.25) is 5.79 Å². The van der Waals surface area contributed by atoms with Gasteiger partial charge in [-0.15, -0.1) is 0 Å². The Kier molecular flexibility index (Phi) is 6.48. The highest BCUT2D eigenvalue weighted by atomic mass is 19.1. The molecule has 1 aromatic carbocycles. The second-order valence-electron chi connectivity index (χ2n) is 10.6. The highest BCUT2D eigenvalue weighted by molar-refractivity contribution is 5.69. The van der Waals surface area contributed by atoms with Crippen LogP contribution in [0.5, 0.6) is 0 Å². The van der Waals surface area contributed by atoms with Crippen LogP contribution in [0.3, 0.4) is 0 Å². The van der Waals surface area contributed by atoms with Crippen molar-refractivity contribution in [2.45, 2.75) is 89.4 Å². The summed E-state index contributed by atoms with van der Waals surface area (Å²) >= 11 is 0. The smallest absolute Gasteiger partial charge is 0.305 e. The molecule has 7 nitrogen and oxygen atoms in total. The standard InChI is InChI=1S/C26H35FO7/c1-15-5-10-20-16(2)23(31-24-26(20)19(15)13-14-25(3,32-24)33-34-26)30-21(11-12-22(28)29-4)17-6-8-18(27)9-7-17/h6-9,15-16,19-21,23-24H,5,10-14H2,1-4H3/t15-,16-,19+,20?,21+,23+,24-,25+,26-/m1/s1. The molecular weight excluding hydrogens is 443 g/mol. The van der Waals surface area contributed by atoms with Crippen LogP contribution in [0.2, 0.25) is 0 Å². The Morgan fingerprint density at radius 2 is 1.91 bits per heavy atom. The molecule has 9 atom stereocenters. The molecule has 1 aliphatic carbocycles. The van der Waals surface area contributed by atoms with Crippen LogP contribution in [0.4, 0.5) is 4.39 Å². The number of carbonyl (C=O) groups excluding carboxylic acids is 1. The highest BCUT2D eigenvalue weighted by Gasteiger charge is 2.69. The molecule has 2 bridgehead atoms. The van der Waals surface area contributed by atoms with Gasteiger partial charge in [-0.05, 0) is 62.1 Å². The van der Waals surface area contributed by atoms with Crippen LogP contribution >= 0.6 is 0 Å². The van der Waals surface area contributed by atoms with Crippen molar-refractivity contribution in [2.75, 3.05) is 7.11 Å². The second-order valence-corrected chi connectivity index (χ2v) is 10.6. The molecule has 4 saturated heterocycles. The van der Waals surface area contributed by atoms with Crippen LogP contribution in [-0.2, 0) is 33.5 Å². The summed E-state index contributed by atoms with van der Waals surface area (Å²) in [5, 5.41) is 0. The average molecular weight is 479 g/mol. The lowest BCUT2D eigenvalue weighted by Crippen LogP contribution is -2.70. The molecule has 5 fully saturated rings. The Hall–Kier alpha value is -1.58. The molecule has 1 spiro atoms. The zero-order valence-electron chi connectivity index (χ0n) is 20.3. The minimum atomic E-state index is -0.857. The molecular formula is C26H35FO7. The third-order valence-electron chi connectivity index (χ3n) is 8.48. The van der Waals surface area contributed by atoms with E-state index < -0.39 is 30.1 Å². The Labute approximate surface area is 200 Å². The summed E-state index contributed by atoms with van der Waals surface area (Å²) in [6.07, 6.45) is 2.70. The van der Waals surface area contributed by atoms with E-state index in [0.717, 1.165) is 31.2 Å². The van der Waals surface area contributed by atoms with Gasteiger partial charge in [-0.2, -0.15) is 0 Å². The van der Waals surface area contributed by atoms with Crippen molar-refractivity contribution >= 4 is 5.97 Å². The van der Waals surface area contributed by atoms with Gasteiger partial charge in [0.15, 0.2) is 18.2 Å². The molecule has 4 heterocycles. The highest BCUT2D eigenvalue weighted by Crippen LogP contribution is 2.60. The minimum absolute atomic E-state index is 0.00183. The van der Waals surface area contributed by atoms with E-state index in [9.17, 15) is 9.18 Å². The number of benzene rings is 1. The molecule has 0 radical (unpaired) electrons. The molecule has 34 heavy (non-hydrogen) atoms. The van der Waals surface area contributed by atoms with Crippen LogP contribution in [0.15, 0.2) is 24.3 Å². The molecule has 8 heteroatoms. The molecule has 0 aromatic heterocycles. The first-order valence-electron chi connectivity index (χ1n) is 12.4. The van der Waals surface area contributed by atoms with E-state index in [1.54, 1.807) is 12.1 Å². The number of hydrogen-bond donors (Lipinski definition) is 0. The van der Waals surface area contributed by atoms with E-state index >= 15 is 0 Å². The van der Waals surface area contributed by atoms with E-state index in [2.05, 4.69) is 13.8 Å². The van der Waals surface area contributed by atoms with E-state index in [4.69, 9.17) is 28.7 Å². The van der Waals surface area contributed by atoms with E-state index in [1.807, 2.05) is 6.92 Å². The largest absolute Gasteiger partial charge is 0.469 e. The van der Waals surface area contributed by atoms with Crippen molar-refractivity contribution in [2.24, 2.45) is 23.7 Å². The molecule has 1 aromatic rings. The fourth-order valence-corrected chi connectivity index (χ4v) is 6.53. The monoisotopic (exact) mass is 478 g/mol. The van der Waals surface area contributed by atoms with Crippen LogP contribution < -0.4 is 0 Å². The third-order valence-corrected chi connectivity index (χ3v) is 8.48. The molecule has 6 rings (SSSR count). The lowest BCUT2D eigenvalue weighted by Gasteiger charge is -2.60. The Morgan fingerprint density at radius 3 is 2.65 bits per heavy atom. The molecule has 0 N–H and O–H groups in total. The van der Waals surface area contributed by atoms with Crippen molar-refractivity contribution in [3.05, 3.63) is 35.6 Å². The van der Waals surface area contributed by atoms with Crippen molar-refractivity contribution in [1.29, 1.82) is 0 Å². The first kappa shape index (κ1) is 24.1. The van der Waals surface area contributed by atoms with Crippen LogP contribution in [0.25, 0.3) is 0 Å². The van der Waals surface area contributed by atoms with Crippen LogP contribution in [0, 0.1) is 29.5 Å². The zero-order valence-corrected chi connectivity index (χ0v) is 20.3. The van der Waals surface area contributed by atoms with Crippen molar-refractivity contribution in [3.8, 4) is 0 Å². The molecule has 188 valence electrons. The molecule has 0 amide bonds. The molecule has 5 aliphatic rings. The van der Waals surface area contributed by atoms with Gasteiger partial charge in [0.05, 0.1) is 13.2 Å². The first-order chi connectivity index (χ1) is 16.3. The summed E-state index contributed by atoms with van der Waals surface area (Å²) in [7, 11) is 1.36. The summed E-state index contributed by atoms with van der Waals surface area (Å²) < 4.78 is 37.9. The normalized spacial score (nSPS) is 41.9. The van der Waals surface area contributed by atoms with Crippen molar-refractivity contribution < 1.29 is 37.9 Å². The van der Waals surface area contributed by atoms with Crippen molar-refractivity contribution in [3.63, 3.8) is 0 Å². The fraction of sp³-hybridized carbons (Fsp3) is 0.731. The first-order valence-corrected chi connectivity index (χ1v) is 12.4. The number of halogens is 1. The van der Waals surface area contributed by atoms with Gasteiger partial charge >= 0.3 is 5.97 Å². The maximum atomic E-state index is 13.6. The molecule has 1 saturated carbocycles. The van der Waals surface area contributed by atoms with Gasteiger partial charge < -0.3 is 18.9 Å². The molecule has 4 aliphatic heterocycles. The van der Waals surface area contributed by atoms with Gasteiger partial charge in [-0.3, -0.25) is 4.79 Å². The number of rotatable bonds is 6. The topological polar surface area (TPSA) is 72.5 Å². The van der Waals surface area contributed by atoms with Gasteiger partial charge in [-0.25, -0.2) is 14.2 Å². The minimum Gasteiger partial charge on any atom is -0.469 e. The van der Waals surface area contributed by atoms with Crippen molar-refractivity contribution in [1.82, 2.24) is 0 Å². The summed E-state index contributed by atoms with van der Waals surface area (Å²) in [6.45, 7) is 6.30. The number of ether oxygens (including phenoxy) is 4. The number of esters is 1. The zero-order chi connectivity index (χ0) is 24.1. The van der Waals surface area contributed by atoms with Gasteiger partial charge in [0.1, 0.15) is 5.82 Å². The number of fused-ring (bicyclic) bond motifs is 2. The summed E-state index contributed by atoms with van der Waals surface area (Å²) in [6, 6.07) is 6.17. The average Bonchev–Trinajstić information content (AvgIpc) is 3.06. The lowest BCUT2D eigenvalue weighted by atomic mass is 9.58. The molecule has 1 unspecified atom stereocenters. The summed E-state index contributed by atoms with van der Waals surface area (Å²) in [5.74, 6) is -0.613. The second kappa shape index (κ2) is 9.13. The van der Waals surface area contributed by atoms with E-state index in [-0.39, 0.29) is 36.0 Å². The Bertz CT molecular complexity index is 894. The van der Waals surface area contributed by atoms with Gasteiger partial charge in [0, 0.05) is 24.7 Å². The summed E-state index contributed by atoms with van der Waals surface area (Å²) in [4.78, 5) is 23.9. The Balaban J connectivity index is 1.42. The van der Waals surface area contributed by atoms with E-state index in [1.165, 1.54) is 19.2 Å². The van der Waals surface area contributed by atoms with Gasteiger partial charge in [0.25, 0.3) is 0 Å². The number of hydrogen-bond acceptors (Lipinski definition) is 7. The summed E-state index contributed by atoms with van der Waals surface area (Å²) in [5.41, 5.74) is 0.121. The van der Waals surface area contributed by atoms with Crippen LogP contribution in [0.1, 0.15) is 71.0 Å². The SMILES string of the molecule is COC(=O)CC[C@H](O[C@H]1O[C@@H]2O[C@]3(C)CC[C@H]4[C@H](C)CCC([C@H]1C)[C@@]24OO3)c1ccc(F)cc1.